The molecule has 5 N–H and O–H groups in total. The van der Waals surface area contributed by atoms with Gasteiger partial charge in [-0.25, -0.2) is 4.39 Å². The van der Waals surface area contributed by atoms with Gasteiger partial charge in [0.05, 0.1) is 17.1 Å². The van der Waals surface area contributed by atoms with Crippen LogP contribution in [0, 0.1) is 5.82 Å². The van der Waals surface area contributed by atoms with Crippen LogP contribution >= 0.6 is 11.8 Å². The lowest BCUT2D eigenvalue weighted by molar-refractivity contribution is 0.100. The van der Waals surface area contributed by atoms with Crippen LogP contribution in [0.3, 0.4) is 0 Å². The molecule has 26 heavy (non-hydrogen) atoms. The van der Waals surface area contributed by atoms with E-state index < -0.39 is 5.91 Å². The van der Waals surface area contributed by atoms with E-state index in [0.29, 0.717) is 22.3 Å². The van der Waals surface area contributed by atoms with Gasteiger partial charge >= 0.3 is 0 Å². The smallest absolute Gasteiger partial charge is 0.250 e. The van der Waals surface area contributed by atoms with Crippen LogP contribution in [-0.4, -0.2) is 16.7 Å². The maximum atomic E-state index is 14.2. The number of nitrogen functional groups attached to an aromatic ring is 1. The Bertz CT molecular complexity index is 999. The highest BCUT2D eigenvalue weighted by molar-refractivity contribution is 7.98. The number of halogens is 1. The van der Waals surface area contributed by atoms with E-state index in [1.54, 1.807) is 18.2 Å². The van der Waals surface area contributed by atoms with Crippen LogP contribution in [0.1, 0.15) is 29.0 Å². The fourth-order valence-corrected chi connectivity index (χ4v) is 3.57. The maximum Gasteiger partial charge on any atom is 0.250 e. The van der Waals surface area contributed by atoms with E-state index in [1.807, 2.05) is 36.9 Å². The summed E-state index contributed by atoms with van der Waals surface area (Å²) in [6, 6.07) is 10.2. The number of nitrogens with two attached hydrogens (primary N) is 2. The number of hydrogen-bond donors (Lipinski definition) is 3. The zero-order valence-corrected chi connectivity index (χ0v) is 15.7. The van der Waals surface area contributed by atoms with Gasteiger partial charge in [0.15, 0.2) is 0 Å². The molecule has 1 unspecified atom stereocenters. The number of rotatable bonds is 5. The van der Waals surface area contributed by atoms with Crippen molar-refractivity contribution in [3.8, 4) is 0 Å². The van der Waals surface area contributed by atoms with Gasteiger partial charge in [0.1, 0.15) is 5.82 Å². The topological polar surface area (TPSA) is 86.1 Å². The number of nitrogens with zero attached hydrogens (tertiary/aromatic N) is 1. The number of fused-ring (bicyclic) bond motifs is 1. The van der Waals surface area contributed by atoms with E-state index >= 15 is 0 Å². The third-order valence-electron chi connectivity index (χ3n) is 4.48. The standard InChI is InChI=1S/C19H21FN4OS/c1-10(23-16-5-4-12(26-3)8-14(16)19(22)25)17-9-13-15(20)6-11(21)7-18(13)24(17)2/h4-10,23H,21H2,1-3H3,(H2,22,25). The number of carbonyl (C=O) groups is 1. The highest BCUT2D eigenvalue weighted by Crippen LogP contribution is 2.31. The first-order valence-corrected chi connectivity index (χ1v) is 9.33. The van der Waals surface area contributed by atoms with Crippen molar-refractivity contribution < 1.29 is 9.18 Å². The molecule has 3 aromatic rings. The highest BCUT2D eigenvalue weighted by Gasteiger charge is 2.17. The lowest BCUT2D eigenvalue weighted by Gasteiger charge is -2.19. The first-order chi connectivity index (χ1) is 12.3. The van der Waals surface area contributed by atoms with Crippen LogP contribution in [0.15, 0.2) is 41.3 Å². The second-order valence-electron chi connectivity index (χ2n) is 6.21. The quantitative estimate of drug-likeness (QED) is 0.468. The van der Waals surface area contributed by atoms with Crippen molar-refractivity contribution in [2.24, 2.45) is 12.8 Å². The average Bonchev–Trinajstić information content (AvgIpc) is 2.92. The van der Waals surface area contributed by atoms with Gasteiger partial charge < -0.3 is 21.4 Å². The van der Waals surface area contributed by atoms with Crippen molar-refractivity contribution in [2.75, 3.05) is 17.3 Å². The predicted molar refractivity (Wildman–Crippen MR) is 106 cm³/mol. The molecule has 1 amide bonds. The summed E-state index contributed by atoms with van der Waals surface area (Å²) in [4.78, 5) is 12.8. The summed E-state index contributed by atoms with van der Waals surface area (Å²) in [5, 5.41) is 3.82. The predicted octanol–water partition coefficient (Wildman–Crippen LogP) is 3.89. The summed E-state index contributed by atoms with van der Waals surface area (Å²) in [6.07, 6.45) is 1.94. The van der Waals surface area contributed by atoms with Gasteiger partial charge in [0.2, 0.25) is 0 Å². The summed E-state index contributed by atoms with van der Waals surface area (Å²) < 4.78 is 16.1. The van der Waals surface area contributed by atoms with E-state index in [-0.39, 0.29) is 11.9 Å². The minimum Gasteiger partial charge on any atom is -0.399 e. The van der Waals surface area contributed by atoms with Crippen LogP contribution in [0.2, 0.25) is 0 Å². The summed E-state index contributed by atoms with van der Waals surface area (Å²) in [5.74, 6) is -0.845. The number of thioether (sulfide) groups is 1. The van der Waals surface area contributed by atoms with Crippen molar-refractivity contribution in [3.63, 3.8) is 0 Å². The van der Waals surface area contributed by atoms with E-state index in [2.05, 4.69) is 5.32 Å². The number of benzene rings is 2. The minimum atomic E-state index is -0.494. The normalized spacial score (nSPS) is 12.3. The largest absolute Gasteiger partial charge is 0.399 e. The van der Waals surface area contributed by atoms with Crippen LogP contribution in [-0.2, 0) is 7.05 Å². The van der Waals surface area contributed by atoms with Crippen LogP contribution in [0.5, 0.6) is 0 Å². The average molecular weight is 372 g/mol. The Labute approximate surface area is 155 Å². The molecular formula is C19H21FN4OS. The zero-order chi connectivity index (χ0) is 19.0. The van der Waals surface area contributed by atoms with Crippen molar-refractivity contribution in [1.29, 1.82) is 0 Å². The van der Waals surface area contributed by atoms with Gasteiger partial charge in [0, 0.05) is 34.4 Å². The molecule has 0 spiro atoms. The van der Waals surface area contributed by atoms with Crippen LogP contribution in [0.25, 0.3) is 10.9 Å². The Morgan fingerprint density at radius 3 is 2.65 bits per heavy atom. The molecule has 2 aromatic carbocycles. The molecule has 1 heterocycles. The van der Waals surface area contributed by atoms with Crippen LogP contribution < -0.4 is 16.8 Å². The second-order valence-corrected chi connectivity index (χ2v) is 7.09. The number of carbonyl (C=O) groups excluding carboxylic acids is 1. The van der Waals surface area contributed by atoms with E-state index in [0.717, 1.165) is 16.1 Å². The number of anilines is 2. The maximum absolute atomic E-state index is 14.2. The summed E-state index contributed by atoms with van der Waals surface area (Å²) in [7, 11) is 1.86. The van der Waals surface area contributed by atoms with Crippen molar-refractivity contribution in [3.05, 3.63) is 53.5 Å². The summed E-state index contributed by atoms with van der Waals surface area (Å²) in [6.45, 7) is 1.95. The molecule has 0 fully saturated rings. The van der Waals surface area contributed by atoms with Crippen molar-refractivity contribution in [2.45, 2.75) is 17.9 Å². The Balaban J connectivity index is 2.00. The first kappa shape index (κ1) is 18.1. The second kappa shape index (κ2) is 6.92. The molecule has 0 aliphatic rings. The first-order valence-electron chi connectivity index (χ1n) is 8.10. The molecule has 0 saturated carbocycles. The minimum absolute atomic E-state index is 0.175. The molecule has 7 heteroatoms. The Morgan fingerprint density at radius 2 is 2.00 bits per heavy atom. The molecule has 0 aliphatic heterocycles. The molecule has 1 atom stereocenters. The molecule has 3 rings (SSSR count). The van der Waals surface area contributed by atoms with E-state index in [4.69, 9.17) is 11.5 Å². The van der Waals surface area contributed by atoms with Crippen LogP contribution in [0.4, 0.5) is 15.8 Å². The lowest BCUT2D eigenvalue weighted by atomic mass is 10.1. The summed E-state index contributed by atoms with van der Waals surface area (Å²) in [5.41, 5.74) is 14.3. The molecule has 0 bridgehead atoms. The molecular weight excluding hydrogens is 351 g/mol. The van der Waals surface area contributed by atoms with Gasteiger partial charge in [-0.2, -0.15) is 0 Å². The molecule has 0 aliphatic carbocycles. The third-order valence-corrected chi connectivity index (χ3v) is 5.20. The number of primary amides is 1. The molecule has 0 saturated heterocycles. The molecule has 1 aromatic heterocycles. The van der Waals surface area contributed by atoms with Gasteiger partial charge in [-0.1, -0.05) is 0 Å². The Kier molecular flexibility index (Phi) is 4.82. The number of aromatic nitrogens is 1. The monoisotopic (exact) mass is 372 g/mol. The fourth-order valence-electron chi connectivity index (χ4n) is 3.13. The van der Waals surface area contributed by atoms with E-state index in [1.165, 1.54) is 17.8 Å². The third kappa shape index (κ3) is 3.22. The van der Waals surface area contributed by atoms with Gasteiger partial charge in [0.25, 0.3) is 5.91 Å². The number of hydrogen-bond acceptors (Lipinski definition) is 4. The van der Waals surface area contributed by atoms with Crippen molar-refractivity contribution in [1.82, 2.24) is 4.57 Å². The Morgan fingerprint density at radius 1 is 1.27 bits per heavy atom. The number of aryl methyl sites for hydroxylation is 1. The lowest BCUT2D eigenvalue weighted by Crippen LogP contribution is -2.17. The molecule has 0 radical (unpaired) electrons. The molecule has 5 nitrogen and oxygen atoms in total. The molecule has 136 valence electrons. The number of amides is 1. The Hall–Kier alpha value is -2.67. The number of nitrogens with one attached hydrogen (secondary N) is 1. The van der Waals surface area contributed by atoms with Crippen molar-refractivity contribution >= 4 is 39.9 Å². The van der Waals surface area contributed by atoms with E-state index in [9.17, 15) is 9.18 Å². The summed E-state index contributed by atoms with van der Waals surface area (Å²) >= 11 is 1.54. The fraction of sp³-hybridized carbons (Fsp3) is 0.211. The zero-order valence-electron chi connectivity index (χ0n) is 14.8. The highest BCUT2D eigenvalue weighted by atomic mass is 32.2. The van der Waals surface area contributed by atoms with Gasteiger partial charge in [-0.15, -0.1) is 11.8 Å². The van der Waals surface area contributed by atoms with Gasteiger partial charge in [-0.3, -0.25) is 4.79 Å². The SMILES string of the molecule is CSc1ccc(NC(C)c2cc3c(F)cc(N)cc3n2C)c(C(N)=O)c1. The van der Waals surface area contributed by atoms with Gasteiger partial charge in [-0.05, 0) is 49.6 Å².